The third-order valence-electron chi connectivity index (χ3n) is 6.44. The molecule has 3 N–H and O–H groups in total. The number of carbonyl (C=O) groups is 2. The van der Waals surface area contributed by atoms with E-state index in [9.17, 15) is 14.7 Å². The van der Waals surface area contributed by atoms with Gasteiger partial charge in [-0.25, -0.2) is 14.7 Å². The van der Waals surface area contributed by atoms with Crippen molar-refractivity contribution >= 4 is 46.6 Å². The summed E-state index contributed by atoms with van der Waals surface area (Å²) in [5.74, 6) is 0.247. The molecule has 0 unspecified atom stereocenters. The second-order valence-electron chi connectivity index (χ2n) is 11.5. The van der Waals surface area contributed by atoms with Crippen LogP contribution in [0.3, 0.4) is 0 Å². The molecule has 1 aliphatic heterocycles. The molecule has 3 amide bonds. The zero-order valence-corrected chi connectivity index (χ0v) is 23.7. The van der Waals surface area contributed by atoms with Crippen LogP contribution in [0.5, 0.6) is 5.75 Å². The Hall–Kier alpha value is -3.91. The molecule has 3 aromatic rings. The number of amidine groups is 1. The lowest BCUT2D eigenvalue weighted by Gasteiger charge is -2.28. The average molecular weight is 531 g/mol. The maximum Gasteiger partial charge on any atom is 0.336 e. The van der Waals surface area contributed by atoms with E-state index in [4.69, 9.17) is 5.73 Å². The van der Waals surface area contributed by atoms with Crippen LogP contribution >= 0.6 is 11.3 Å². The van der Waals surface area contributed by atoms with Crippen LogP contribution < -0.4 is 10.6 Å². The number of carbonyl (C=O) groups excluding carboxylic acids is 2. The second-order valence-corrected chi connectivity index (χ2v) is 12.4. The minimum atomic E-state index is -0.443. The summed E-state index contributed by atoms with van der Waals surface area (Å²) in [7, 11) is 1.59. The second kappa shape index (κ2) is 9.76. The van der Waals surface area contributed by atoms with Gasteiger partial charge in [-0.1, -0.05) is 47.6 Å². The van der Waals surface area contributed by atoms with Crippen LogP contribution in [0.4, 0.5) is 16.2 Å². The molecule has 8 heteroatoms. The molecule has 0 spiro atoms. The number of phenolic OH excluding ortho intramolecular Hbond substituents is 1. The van der Waals surface area contributed by atoms with E-state index >= 15 is 0 Å². The standard InChI is InChI=1S/C30H34N4O3S/c1-29(2,3)21-15-18(16-22(25(21)35)30(4,5)6)17-23-27(36)34(28(37)33(23)7)20-12-10-19(11-13-20)32-26(31)24-9-8-14-38-24/h8-17,35H,1-7H3,(H2,31,32). The van der Waals surface area contributed by atoms with Crippen LogP contribution in [0, 0.1) is 0 Å². The van der Waals surface area contributed by atoms with Crippen LogP contribution in [-0.4, -0.2) is 34.8 Å². The van der Waals surface area contributed by atoms with E-state index in [-0.39, 0.29) is 22.3 Å². The number of imide groups is 1. The fraction of sp³-hybridized carbons (Fsp3) is 0.300. The molecule has 1 aromatic heterocycles. The van der Waals surface area contributed by atoms with Crippen molar-refractivity contribution in [3.05, 3.63) is 81.2 Å². The highest BCUT2D eigenvalue weighted by atomic mass is 32.1. The van der Waals surface area contributed by atoms with Crippen LogP contribution in [0.1, 0.15) is 63.1 Å². The Morgan fingerprint density at radius 1 is 0.974 bits per heavy atom. The Kier molecular flexibility index (Phi) is 6.97. The first-order valence-electron chi connectivity index (χ1n) is 12.4. The van der Waals surface area contributed by atoms with E-state index < -0.39 is 11.9 Å². The van der Waals surface area contributed by atoms with Gasteiger partial charge in [0.05, 0.1) is 16.3 Å². The van der Waals surface area contributed by atoms with Crippen LogP contribution in [-0.2, 0) is 15.6 Å². The van der Waals surface area contributed by atoms with E-state index in [0.29, 0.717) is 17.2 Å². The first kappa shape index (κ1) is 27.1. The molecule has 38 heavy (non-hydrogen) atoms. The first-order valence-corrected chi connectivity index (χ1v) is 13.3. The number of likely N-dealkylation sites (N-methyl/N-ethyl adjacent to an activating group) is 1. The Balaban J connectivity index is 1.69. The minimum Gasteiger partial charge on any atom is -0.507 e. The Morgan fingerprint density at radius 3 is 2.05 bits per heavy atom. The van der Waals surface area contributed by atoms with Gasteiger partial charge in [0, 0.05) is 18.2 Å². The Morgan fingerprint density at radius 2 is 1.55 bits per heavy atom. The first-order chi connectivity index (χ1) is 17.7. The number of hydrogen-bond donors (Lipinski definition) is 2. The van der Waals surface area contributed by atoms with Crippen LogP contribution in [0.2, 0.25) is 0 Å². The molecule has 0 aliphatic carbocycles. The lowest BCUT2D eigenvalue weighted by molar-refractivity contribution is -0.114. The smallest absolute Gasteiger partial charge is 0.336 e. The van der Waals surface area contributed by atoms with Crippen molar-refractivity contribution in [2.24, 2.45) is 10.7 Å². The number of thiophene rings is 1. The van der Waals surface area contributed by atoms with Crippen molar-refractivity contribution in [2.75, 3.05) is 11.9 Å². The molecule has 0 atom stereocenters. The summed E-state index contributed by atoms with van der Waals surface area (Å²) in [5.41, 5.74) is 9.08. The third kappa shape index (κ3) is 5.22. The van der Waals surface area contributed by atoms with Crippen molar-refractivity contribution < 1.29 is 14.7 Å². The van der Waals surface area contributed by atoms with Gasteiger partial charge in [-0.2, -0.15) is 0 Å². The molecule has 1 saturated heterocycles. The molecule has 0 radical (unpaired) electrons. The zero-order chi connectivity index (χ0) is 28.0. The summed E-state index contributed by atoms with van der Waals surface area (Å²) in [6.07, 6.45) is 1.71. The topological polar surface area (TPSA) is 99.2 Å². The van der Waals surface area contributed by atoms with Gasteiger partial charge in [-0.05, 0) is 70.3 Å². The number of hydrogen-bond acceptors (Lipinski definition) is 5. The Bertz CT molecular complexity index is 1410. The average Bonchev–Trinajstić information content (AvgIpc) is 3.43. The van der Waals surface area contributed by atoms with E-state index in [1.54, 1.807) is 37.4 Å². The van der Waals surface area contributed by atoms with Gasteiger partial charge in [0.25, 0.3) is 5.91 Å². The number of benzene rings is 2. The van der Waals surface area contributed by atoms with Gasteiger partial charge >= 0.3 is 6.03 Å². The van der Waals surface area contributed by atoms with Crippen molar-refractivity contribution in [1.29, 1.82) is 0 Å². The number of nitrogens with two attached hydrogens (primary N) is 1. The summed E-state index contributed by atoms with van der Waals surface area (Å²) < 4.78 is 0. The molecular formula is C30H34N4O3S. The summed E-state index contributed by atoms with van der Waals surface area (Å²) in [5, 5.41) is 13.0. The number of amides is 3. The van der Waals surface area contributed by atoms with E-state index in [0.717, 1.165) is 26.5 Å². The van der Waals surface area contributed by atoms with Crippen molar-refractivity contribution in [2.45, 2.75) is 52.4 Å². The molecule has 1 fully saturated rings. The molecule has 2 heterocycles. The van der Waals surface area contributed by atoms with Gasteiger partial charge in [0.15, 0.2) is 0 Å². The summed E-state index contributed by atoms with van der Waals surface area (Å²) in [6.45, 7) is 12.2. The maximum atomic E-state index is 13.5. The number of anilines is 1. The molecule has 2 aromatic carbocycles. The lowest BCUT2D eigenvalue weighted by atomic mass is 9.78. The Labute approximate surface area is 227 Å². The SMILES string of the molecule is CN1C(=O)N(c2ccc(N=C(N)c3cccs3)cc2)C(=O)C1=Cc1cc(C(C)(C)C)c(O)c(C(C)(C)C)c1. The maximum absolute atomic E-state index is 13.5. The van der Waals surface area contributed by atoms with Gasteiger partial charge in [-0.15, -0.1) is 11.3 Å². The number of nitrogens with zero attached hydrogens (tertiary/aromatic N) is 3. The fourth-order valence-electron chi connectivity index (χ4n) is 4.32. The molecular weight excluding hydrogens is 496 g/mol. The van der Waals surface area contributed by atoms with Crippen molar-refractivity contribution in [1.82, 2.24) is 4.90 Å². The molecule has 1 aliphatic rings. The van der Waals surface area contributed by atoms with Gasteiger partial charge in [0.2, 0.25) is 0 Å². The number of rotatable bonds is 4. The van der Waals surface area contributed by atoms with Gasteiger partial charge in [0.1, 0.15) is 17.3 Å². The molecule has 0 bridgehead atoms. The van der Waals surface area contributed by atoms with E-state index in [1.807, 2.05) is 71.2 Å². The highest BCUT2D eigenvalue weighted by Crippen LogP contribution is 2.40. The number of aromatic hydroxyl groups is 1. The third-order valence-corrected chi connectivity index (χ3v) is 7.34. The van der Waals surface area contributed by atoms with Crippen molar-refractivity contribution in [3.63, 3.8) is 0 Å². The van der Waals surface area contributed by atoms with Gasteiger partial charge in [-0.3, -0.25) is 9.69 Å². The lowest BCUT2D eigenvalue weighted by Crippen LogP contribution is -2.31. The highest BCUT2D eigenvalue weighted by Gasteiger charge is 2.40. The predicted octanol–water partition coefficient (Wildman–Crippen LogP) is 6.53. The molecule has 0 saturated carbocycles. The number of aliphatic imine (C=N–C) groups is 1. The van der Waals surface area contributed by atoms with Gasteiger partial charge < -0.3 is 10.8 Å². The fourth-order valence-corrected chi connectivity index (χ4v) is 4.95. The molecule has 4 rings (SSSR count). The summed E-state index contributed by atoms with van der Waals surface area (Å²) in [6, 6.07) is 13.9. The summed E-state index contributed by atoms with van der Waals surface area (Å²) >= 11 is 1.50. The molecule has 198 valence electrons. The molecule has 7 nitrogen and oxygen atoms in total. The zero-order valence-electron chi connectivity index (χ0n) is 22.9. The van der Waals surface area contributed by atoms with Crippen molar-refractivity contribution in [3.8, 4) is 5.75 Å². The quantitative estimate of drug-likeness (QED) is 0.173. The highest BCUT2D eigenvalue weighted by molar-refractivity contribution is 7.12. The van der Waals surface area contributed by atoms with Crippen LogP contribution in [0.25, 0.3) is 6.08 Å². The normalized spacial score (nSPS) is 16.2. The minimum absolute atomic E-state index is 0.254. The predicted molar refractivity (Wildman–Crippen MR) is 155 cm³/mol. The van der Waals surface area contributed by atoms with Crippen LogP contribution in [0.15, 0.2) is 64.6 Å². The monoisotopic (exact) mass is 530 g/mol. The van der Waals surface area contributed by atoms with E-state index in [2.05, 4.69) is 4.99 Å². The summed E-state index contributed by atoms with van der Waals surface area (Å²) in [4.78, 5) is 34.4. The van der Waals surface area contributed by atoms with E-state index in [1.165, 1.54) is 16.2 Å². The largest absolute Gasteiger partial charge is 0.507 e. The number of urea groups is 1. The number of phenols is 1.